The number of fused-ring (bicyclic) bond motifs is 2. The Hall–Kier alpha value is -1.35. The molecule has 0 spiro atoms. The van der Waals surface area contributed by atoms with E-state index in [1.54, 1.807) is 0 Å². The van der Waals surface area contributed by atoms with Crippen LogP contribution in [0.15, 0.2) is 78.9 Å². The molecule has 0 aromatic heterocycles. The monoisotopic (exact) mass is 356 g/mol. The maximum absolute atomic E-state index is 3.52. The first-order chi connectivity index (χ1) is 9.93. The molecule has 0 bridgehead atoms. The topological polar surface area (TPSA) is 0 Å². The van der Waals surface area contributed by atoms with Gasteiger partial charge in [0.1, 0.15) is 0 Å². The number of hydrogen-bond acceptors (Lipinski definition) is 0. The van der Waals surface area contributed by atoms with Crippen LogP contribution in [0.25, 0.3) is 32.7 Å². The Labute approximate surface area is 157 Å². The molecule has 0 aliphatic heterocycles. The maximum atomic E-state index is 3.52. The molecule has 2 heteroatoms. The van der Waals surface area contributed by atoms with E-state index in [9.17, 15) is 0 Å². The summed E-state index contributed by atoms with van der Waals surface area (Å²) >= 11 is 0. The van der Waals surface area contributed by atoms with E-state index in [2.05, 4.69) is 84.9 Å². The molecule has 22 heavy (non-hydrogen) atoms. The van der Waals surface area contributed by atoms with Crippen molar-refractivity contribution in [2.24, 2.45) is 0 Å². The second-order valence-corrected chi connectivity index (χ2v) is 4.96. The van der Waals surface area contributed by atoms with Gasteiger partial charge in [-0.25, -0.2) is 0 Å². The molecule has 0 atom stereocenters. The smallest absolute Gasteiger partial charge is 1.00 e. The maximum Gasteiger partial charge on any atom is 2.00 e. The van der Waals surface area contributed by atoms with Gasteiger partial charge in [0.2, 0.25) is 0 Å². The van der Waals surface area contributed by atoms with Crippen LogP contribution >= 0.6 is 0 Å². The summed E-state index contributed by atoms with van der Waals surface area (Å²) in [6, 6.07) is 31.1. The van der Waals surface area contributed by atoms with E-state index in [0.717, 1.165) is 0 Å². The van der Waals surface area contributed by atoms with Gasteiger partial charge in [0.25, 0.3) is 0 Å². The SMILES string of the molecule is [Br-].[Mg+2].[c-]1c2ccccc2c(-c2ccccc2)c2ccccc12. The summed E-state index contributed by atoms with van der Waals surface area (Å²) in [6.45, 7) is 0. The largest absolute Gasteiger partial charge is 2.00 e. The van der Waals surface area contributed by atoms with Crippen molar-refractivity contribution in [3.63, 3.8) is 0 Å². The normalized spacial score (nSPS) is 10.0. The molecule has 0 N–H and O–H groups in total. The Morgan fingerprint density at radius 1 is 0.545 bits per heavy atom. The molecular formula is C20H13BrMg. The molecule has 0 amide bonds. The third-order valence-corrected chi connectivity index (χ3v) is 3.72. The van der Waals surface area contributed by atoms with E-state index in [1.807, 2.05) is 0 Å². The van der Waals surface area contributed by atoms with Crippen molar-refractivity contribution in [2.75, 3.05) is 0 Å². The van der Waals surface area contributed by atoms with E-state index < -0.39 is 0 Å². The molecule has 0 aliphatic carbocycles. The van der Waals surface area contributed by atoms with Crippen molar-refractivity contribution in [2.45, 2.75) is 0 Å². The van der Waals surface area contributed by atoms with Gasteiger partial charge < -0.3 is 17.0 Å². The number of hydrogen-bond donors (Lipinski definition) is 0. The van der Waals surface area contributed by atoms with Gasteiger partial charge in [-0.1, -0.05) is 83.1 Å². The molecule has 0 unspecified atom stereocenters. The predicted molar refractivity (Wildman–Crippen MR) is 91.5 cm³/mol. The van der Waals surface area contributed by atoms with E-state index >= 15 is 0 Å². The summed E-state index contributed by atoms with van der Waals surface area (Å²) in [6.07, 6.45) is 0. The van der Waals surface area contributed by atoms with Crippen LogP contribution in [0.3, 0.4) is 0 Å². The van der Waals surface area contributed by atoms with Crippen LogP contribution in [0.2, 0.25) is 0 Å². The van der Waals surface area contributed by atoms with Gasteiger partial charge in [-0.15, -0.1) is 29.0 Å². The summed E-state index contributed by atoms with van der Waals surface area (Å²) in [7, 11) is 0. The summed E-state index contributed by atoms with van der Waals surface area (Å²) in [5.74, 6) is 0. The van der Waals surface area contributed by atoms with Crippen LogP contribution in [-0.4, -0.2) is 23.1 Å². The van der Waals surface area contributed by atoms with Gasteiger partial charge in [-0.3, -0.25) is 0 Å². The molecule has 4 rings (SSSR count). The van der Waals surface area contributed by atoms with Gasteiger partial charge in [-0.05, 0) is 5.56 Å². The van der Waals surface area contributed by atoms with Crippen LogP contribution in [0.4, 0.5) is 0 Å². The fourth-order valence-electron chi connectivity index (χ4n) is 2.83. The average Bonchev–Trinajstić information content (AvgIpc) is 2.53. The van der Waals surface area contributed by atoms with E-state index in [0.29, 0.717) is 0 Å². The fourth-order valence-corrected chi connectivity index (χ4v) is 2.83. The van der Waals surface area contributed by atoms with Crippen molar-refractivity contribution in [1.29, 1.82) is 0 Å². The Morgan fingerprint density at radius 2 is 1.00 bits per heavy atom. The minimum Gasteiger partial charge on any atom is -1.00 e. The van der Waals surface area contributed by atoms with Gasteiger partial charge >= 0.3 is 23.1 Å². The zero-order valence-electron chi connectivity index (χ0n) is 12.1. The van der Waals surface area contributed by atoms with Gasteiger partial charge in [0.05, 0.1) is 0 Å². The quantitative estimate of drug-likeness (QED) is 0.278. The molecular weight excluding hydrogens is 344 g/mol. The molecule has 4 aromatic rings. The zero-order chi connectivity index (χ0) is 13.4. The zero-order valence-corrected chi connectivity index (χ0v) is 15.1. The summed E-state index contributed by atoms with van der Waals surface area (Å²) in [5, 5.41) is 4.87. The number of halogens is 1. The van der Waals surface area contributed by atoms with E-state index in [1.165, 1.54) is 32.7 Å². The van der Waals surface area contributed by atoms with Crippen LogP contribution < -0.4 is 17.0 Å². The number of benzene rings is 4. The van der Waals surface area contributed by atoms with Gasteiger partial charge in [0, 0.05) is 0 Å². The first-order valence-corrected chi connectivity index (χ1v) is 6.82. The average molecular weight is 358 g/mol. The van der Waals surface area contributed by atoms with Crippen LogP contribution in [0, 0.1) is 6.07 Å². The molecule has 0 saturated heterocycles. The molecule has 0 aliphatic rings. The van der Waals surface area contributed by atoms with E-state index in [4.69, 9.17) is 0 Å². The Kier molecular flexibility index (Phi) is 5.62. The molecule has 102 valence electrons. The minimum atomic E-state index is 0. The fraction of sp³-hybridized carbons (Fsp3) is 0. The Bertz CT molecular complexity index is 847. The van der Waals surface area contributed by atoms with E-state index in [-0.39, 0.29) is 40.0 Å². The molecule has 0 nitrogen and oxygen atoms in total. The molecule has 0 fully saturated rings. The molecule has 4 aromatic carbocycles. The molecule has 0 saturated carbocycles. The third-order valence-electron chi connectivity index (χ3n) is 3.72. The Morgan fingerprint density at radius 3 is 1.55 bits per heavy atom. The molecule has 0 radical (unpaired) electrons. The predicted octanol–water partition coefficient (Wildman–Crippen LogP) is 2.08. The van der Waals surface area contributed by atoms with Gasteiger partial charge in [-0.2, -0.15) is 0 Å². The second-order valence-electron chi connectivity index (χ2n) is 4.96. The first-order valence-electron chi connectivity index (χ1n) is 6.82. The first kappa shape index (κ1) is 17.0. The minimum absolute atomic E-state index is 0. The standard InChI is InChI=1S/C20H13.BrH.Mg/c1-2-8-15(9-3-1)20-18-12-6-4-10-16(18)14-17-11-5-7-13-19(17)20;;/h1-13H;1H;/q-1;;+2/p-1. The second kappa shape index (κ2) is 7.27. The van der Waals surface area contributed by atoms with Crippen LogP contribution in [0.1, 0.15) is 0 Å². The summed E-state index contributed by atoms with van der Waals surface area (Å²) in [5.41, 5.74) is 2.56. The van der Waals surface area contributed by atoms with Crippen molar-refractivity contribution in [3.8, 4) is 11.1 Å². The van der Waals surface area contributed by atoms with Crippen LogP contribution in [0.5, 0.6) is 0 Å². The molecule has 0 heterocycles. The van der Waals surface area contributed by atoms with Crippen molar-refractivity contribution < 1.29 is 17.0 Å². The van der Waals surface area contributed by atoms with Crippen molar-refractivity contribution in [3.05, 3.63) is 84.9 Å². The summed E-state index contributed by atoms with van der Waals surface area (Å²) < 4.78 is 0. The summed E-state index contributed by atoms with van der Waals surface area (Å²) in [4.78, 5) is 0. The van der Waals surface area contributed by atoms with Gasteiger partial charge in [0.15, 0.2) is 0 Å². The third kappa shape index (κ3) is 2.91. The van der Waals surface area contributed by atoms with Crippen molar-refractivity contribution in [1.82, 2.24) is 0 Å². The van der Waals surface area contributed by atoms with Crippen molar-refractivity contribution >= 4 is 44.6 Å². The number of rotatable bonds is 1. The van der Waals surface area contributed by atoms with Crippen LogP contribution in [-0.2, 0) is 0 Å². The Balaban J connectivity index is 0.000000882.